The van der Waals surface area contributed by atoms with Gasteiger partial charge < -0.3 is 9.84 Å². The SMILES string of the molecule is Cc1cc(C)c(C2C[C@H](O)c3cc(C)ccc3O2)c(C)c1. The molecule has 0 saturated heterocycles. The number of benzene rings is 2. The number of aliphatic hydroxyl groups is 1. The number of hydrogen-bond donors (Lipinski definition) is 1. The Kier molecular flexibility index (Phi) is 3.50. The van der Waals surface area contributed by atoms with Crippen LogP contribution in [0.4, 0.5) is 0 Å². The number of rotatable bonds is 1. The van der Waals surface area contributed by atoms with Crippen LogP contribution in [0.5, 0.6) is 5.75 Å². The Balaban J connectivity index is 2.02. The minimum atomic E-state index is -0.459. The molecule has 1 unspecified atom stereocenters. The zero-order valence-corrected chi connectivity index (χ0v) is 13.1. The number of hydrogen-bond acceptors (Lipinski definition) is 2. The molecule has 0 aromatic heterocycles. The maximum atomic E-state index is 10.5. The molecule has 0 bridgehead atoms. The van der Waals surface area contributed by atoms with Gasteiger partial charge in [0.15, 0.2) is 0 Å². The van der Waals surface area contributed by atoms with Crippen LogP contribution in [0, 0.1) is 27.7 Å². The lowest BCUT2D eigenvalue weighted by atomic mass is 9.89. The van der Waals surface area contributed by atoms with E-state index in [-0.39, 0.29) is 6.10 Å². The third kappa shape index (κ3) is 2.56. The zero-order valence-electron chi connectivity index (χ0n) is 13.1. The van der Waals surface area contributed by atoms with Crippen molar-refractivity contribution in [3.63, 3.8) is 0 Å². The summed E-state index contributed by atoms with van der Waals surface area (Å²) in [7, 11) is 0. The molecular weight excluding hydrogens is 260 g/mol. The number of aliphatic hydroxyl groups excluding tert-OH is 1. The van der Waals surface area contributed by atoms with Gasteiger partial charge in [-0.1, -0.05) is 29.3 Å². The summed E-state index contributed by atoms with van der Waals surface area (Å²) < 4.78 is 6.18. The molecule has 1 aliphatic rings. The average Bonchev–Trinajstić information content (AvgIpc) is 2.38. The third-order valence-corrected chi connectivity index (χ3v) is 4.29. The van der Waals surface area contributed by atoms with Gasteiger partial charge in [-0.2, -0.15) is 0 Å². The lowest BCUT2D eigenvalue weighted by molar-refractivity contribution is 0.0651. The molecule has 110 valence electrons. The molecule has 3 rings (SSSR count). The molecule has 1 N–H and O–H groups in total. The van der Waals surface area contributed by atoms with Gasteiger partial charge in [-0.3, -0.25) is 0 Å². The highest BCUT2D eigenvalue weighted by molar-refractivity contribution is 5.44. The molecule has 2 nitrogen and oxygen atoms in total. The molecule has 2 aromatic carbocycles. The fraction of sp³-hybridized carbons (Fsp3) is 0.368. The predicted molar refractivity (Wildman–Crippen MR) is 84.8 cm³/mol. The first kappa shape index (κ1) is 14.2. The summed E-state index contributed by atoms with van der Waals surface area (Å²) >= 11 is 0. The van der Waals surface area contributed by atoms with E-state index in [1.54, 1.807) is 0 Å². The van der Waals surface area contributed by atoms with Crippen LogP contribution in [-0.4, -0.2) is 5.11 Å². The number of ether oxygens (including phenoxy) is 1. The van der Waals surface area contributed by atoms with E-state index in [9.17, 15) is 5.11 Å². The molecule has 0 spiro atoms. The quantitative estimate of drug-likeness (QED) is 0.835. The van der Waals surface area contributed by atoms with Crippen LogP contribution in [0.15, 0.2) is 30.3 Å². The first-order chi connectivity index (χ1) is 9.95. The second kappa shape index (κ2) is 5.19. The van der Waals surface area contributed by atoms with E-state index in [0.29, 0.717) is 6.42 Å². The lowest BCUT2D eigenvalue weighted by Gasteiger charge is -2.32. The van der Waals surface area contributed by atoms with Gasteiger partial charge in [0.25, 0.3) is 0 Å². The van der Waals surface area contributed by atoms with Gasteiger partial charge in [-0.15, -0.1) is 0 Å². The van der Waals surface area contributed by atoms with Gasteiger partial charge >= 0.3 is 0 Å². The molecule has 0 saturated carbocycles. The standard InChI is InChI=1S/C19H22O2/c1-11-5-6-17-15(9-11)16(20)10-18(21-17)19-13(3)7-12(2)8-14(19)4/h5-9,16,18,20H,10H2,1-4H3/t16-,18?/m0/s1. The molecule has 0 fully saturated rings. The Morgan fingerprint density at radius 1 is 0.952 bits per heavy atom. The highest BCUT2D eigenvalue weighted by Gasteiger charge is 2.29. The van der Waals surface area contributed by atoms with E-state index in [0.717, 1.165) is 16.9 Å². The van der Waals surface area contributed by atoms with Crippen LogP contribution in [0.25, 0.3) is 0 Å². The first-order valence-electron chi connectivity index (χ1n) is 7.48. The van der Waals surface area contributed by atoms with Gasteiger partial charge in [0, 0.05) is 12.0 Å². The molecule has 1 heterocycles. The Bertz CT molecular complexity index is 665. The minimum absolute atomic E-state index is 0.0733. The topological polar surface area (TPSA) is 29.5 Å². The second-order valence-electron chi connectivity index (χ2n) is 6.21. The monoisotopic (exact) mass is 282 g/mol. The second-order valence-corrected chi connectivity index (χ2v) is 6.21. The van der Waals surface area contributed by atoms with E-state index in [2.05, 4.69) is 32.9 Å². The van der Waals surface area contributed by atoms with Gasteiger partial charge in [0.1, 0.15) is 11.9 Å². The van der Waals surface area contributed by atoms with E-state index in [1.807, 2.05) is 25.1 Å². The predicted octanol–water partition coefficient (Wildman–Crippen LogP) is 4.48. The van der Waals surface area contributed by atoms with E-state index < -0.39 is 6.10 Å². The fourth-order valence-corrected chi connectivity index (χ4v) is 3.44. The average molecular weight is 282 g/mol. The Morgan fingerprint density at radius 3 is 2.29 bits per heavy atom. The highest BCUT2D eigenvalue weighted by Crippen LogP contribution is 2.42. The molecule has 0 radical (unpaired) electrons. The van der Waals surface area contributed by atoms with Crippen molar-refractivity contribution in [2.24, 2.45) is 0 Å². The molecular formula is C19H22O2. The van der Waals surface area contributed by atoms with Gasteiger partial charge in [0.05, 0.1) is 6.10 Å². The van der Waals surface area contributed by atoms with Crippen LogP contribution in [-0.2, 0) is 0 Å². The maximum absolute atomic E-state index is 10.5. The van der Waals surface area contributed by atoms with Gasteiger partial charge in [-0.05, 0) is 56.5 Å². The fourth-order valence-electron chi connectivity index (χ4n) is 3.44. The van der Waals surface area contributed by atoms with Crippen LogP contribution in [0.1, 0.15) is 52.0 Å². The Hall–Kier alpha value is -1.80. The normalized spacial score (nSPS) is 20.8. The molecule has 2 heteroatoms. The van der Waals surface area contributed by atoms with Crippen molar-refractivity contribution in [1.29, 1.82) is 0 Å². The van der Waals surface area contributed by atoms with E-state index in [4.69, 9.17) is 4.74 Å². The van der Waals surface area contributed by atoms with Crippen molar-refractivity contribution < 1.29 is 9.84 Å². The first-order valence-corrected chi connectivity index (χ1v) is 7.48. The summed E-state index contributed by atoms with van der Waals surface area (Å²) in [5.41, 5.74) is 7.01. The Labute approximate surface area is 126 Å². The molecule has 0 amide bonds. The highest BCUT2D eigenvalue weighted by atomic mass is 16.5. The summed E-state index contributed by atoms with van der Waals surface area (Å²) in [5, 5.41) is 10.5. The van der Waals surface area contributed by atoms with Crippen LogP contribution in [0.2, 0.25) is 0 Å². The van der Waals surface area contributed by atoms with Crippen molar-refractivity contribution >= 4 is 0 Å². The number of aryl methyl sites for hydroxylation is 4. The van der Waals surface area contributed by atoms with Crippen LogP contribution in [0.3, 0.4) is 0 Å². The summed E-state index contributed by atoms with van der Waals surface area (Å²) in [5.74, 6) is 0.809. The zero-order chi connectivity index (χ0) is 15.1. The van der Waals surface area contributed by atoms with Crippen LogP contribution < -0.4 is 4.74 Å². The molecule has 0 aliphatic carbocycles. The number of fused-ring (bicyclic) bond motifs is 1. The van der Waals surface area contributed by atoms with Crippen molar-refractivity contribution in [2.75, 3.05) is 0 Å². The van der Waals surface area contributed by atoms with Crippen molar-refractivity contribution in [3.05, 3.63) is 63.7 Å². The molecule has 1 aliphatic heterocycles. The van der Waals surface area contributed by atoms with Gasteiger partial charge in [0.2, 0.25) is 0 Å². The molecule has 21 heavy (non-hydrogen) atoms. The smallest absolute Gasteiger partial charge is 0.127 e. The largest absolute Gasteiger partial charge is 0.485 e. The summed E-state index contributed by atoms with van der Waals surface area (Å²) in [4.78, 5) is 0. The minimum Gasteiger partial charge on any atom is -0.485 e. The summed E-state index contributed by atoms with van der Waals surface area (Å²) in [6.45, 7) is 8.39. The van der Waals surface area contributed by atoms with E-state index in [1.165, 1.54) is 22.3 Å². The summed E-state index contributed by atoms with van der Waals surface area (Å²) in [6.07, 6.45) is 0.0795. The van der Waals surface area contributed by atoms with Crippen molar-refractivity contribution in [3.8, 4) is 5.75 Å². The maximum Gasteiger partial charge on any atom is 0.127 e. The summed E-state index contributed by atoms with van der Waals surface area (Å²) in [6, 6.07) is 10.4. The van der Waals surface area contributed by atoms with Gasteiger partial charge in [-0.25, -0.2) is 0 Å². The van der Waals surface area contributed by atoms with E-state index >= 15 is 0 Å². The third-order valence-electron chi connectivity index (χ3n) is 4.29. The molecule has 2 aromatic rings. The van der Waals surface area contributed by atoms with Crippen LogP contribution >= 0.6 is 0 Å². The molecule has 2 atom stereocenters. The van der Waals surface area contributed by atoms with Crippen molar-refractivity contribution in [2.45, 2.75) is 46.3 Å². The lowest BCUT2D eigenvalue weighted by Crippen LogP contribution is -2.20. The Morgan fingerprint density at radius 2 is 1.62 bits per heavy atom. The van der Waals surface area contributed by atoms with Crippen molar-refractivity contribution in [1.82, 2.24) is 0 Å².